The van der Waals surface area contributed by atoms with Gasteiger partial charge in [-0.05, 0) is 54.5 Å². The summed E-state index contributed by atoms with van der Waals surface area (Å²) >= 11 is 0. The molecule has 4 rings (SSSR count). The van der Waals surface area contributed by atoms with Gasteiger partial charge in [0, 0.05) is 35.8 Å². The lowest BCUT2D eigenvalue weighted by Gasteiger charge is -2.13. The molecule has 8 nitrogen and oxygen atoms in total. The van der Waals surface area contributed by atoms with Crippen LogP contribution >= 0.6 is 0 Å². The molecule has 2 N–H and O–H groups in total. The molecule has 0 aliphatic rings. The summed E-state index contributed by atoms with van der Waals surface area (Å²) in [4.78, 5) is 33.1. The fraction of sp³-hybridized carbons (Fsp3) is 0.111. The highest BCUT2D eigenvalue weighted by atomic mass is 16.5. The Morgan fingerprint density at radius 2 is 1.77 bits per heavy atom. The summed E-state index contributed by atoms with van der Waals surface area (Å²) in [5.41, 5.74) is 1.55. The molecular weight excluding hydrogens is 444 g/mol. The standard InChI is InChI=1S/C27H22N4O4/c1-3-4-8-26(32)30-22-16-20-21(17-24(22)34-2)28-15-13-23(20)35-19-11-9-18(10-12-19)27(33)31-25-7-5-6-14-29-25/h5-7,9-17H,3H2,1-2H3,(H,30,32)(H,29,31,33). The van der Waals surface area contributed by atoms with E-state index in [1.807, 2.05) is 6.92 Å². The van der Waals surface area contributed by atoms with E-state index < -0.39 is 5.91 Å². The zero-order valence-corrected chi connectivity index (χ0v) is 19.2. The number of methoxy groups -OCH3 is 1. The molecule has 0 spiro atoms. The zero-order chi connectivity index (χ0) is 24.6. The number of nitrogens with one attached hydrogen (secondary N) is 2. The molecule has 8 heteroatoms. The first-order chi connectivity index (χ1) is 17.1. The molecule has 0 saturated heterocycles. The van der Waals surface area contributed by atoms with Crippen LogP contribution in [0.3, 0.4) is 0 Å². The predicted octanol–water partition coefficient (Wildman–Crippen LogP) is 5.03. The normalized spacial score (nSPS) is 10.1. The molecule has 0 unspecified atom stereocenters. The minimum atomic E-state index is -0.435. The minimum absolute atomic E-state index is 0.275. The third-order valence-corrected chi connectivity index (χ3v) is 4.90. The molecule has 2 aromatic heterocycles. The Morgan fingerprint density at radius 1 is 0.943 bits per heavy atom. The van der Waals surface area contributed by atoms with Gasteiger partial charge >= 0.3 is 0 Å². The maximum absolute atomic E-state index is 12.5. The number of hydrogen-bond donors (Lipinski definition) is 2. The zero-order valence-electron chi connectivity index (χ0n) is 19.2. The second-order valence-corrected chi connectivity index (χ2v) is 7.28. The molecule has 2 heterocycles. The van der Waals surface area contributed by atoms with Crippen LogP contribution in [0.5, 0.6) is 17.2 Å². The van der Waals surface area contributed by atoms with Gasteiger partial charge in [0.2, 0.25) is 0 Å². The van der Waals surface area contributed by atoms with Gasteiger partial charge in [0.15, 0.2) is 0 Å². The van der Waals surface area contributed by atoms with E-state index in [1.165, 1.54) is 7.11 Å². The number of anilines is 2. The second kappa shape index (κ2) is 10.8. The van der Waals surface area contributed by atoms with E-state index >= 15 is 0 Å². The smallest absolute Gasteiger partial charge is 0.300 e. The van der Waals surface area contributed by atoms with Crippen LogP contribution < -0.4 is 20.1 Å². The number of pyridine rings is 2. The van der Waals surface area contributed by atoms with E-state index in [-0.39, 0.29) is 5.91 Å². The molecule has 0 fully saturated rings. The molecule has 174 valence electrons. The molecule has 0 atom stereocenters. The van der Waals surface area contributed by atoms with E-state index in [9.17, 15) is 9.59 Å². The predicted molar refractivity (Wildman–Crippen MR) is 134 cm³/mol. The highest BCUT2D eigenvalue weighted by Crippen LogP contribution is 2.35. The molecular formula is C27H22N4O4. The maximum atomic E-state index is 12.5. The Kier molecular flexibility index (Phi) is 7.19. The number of amides is 2. The van der Waals surface area contributed by atoms with Gasteiger partial charge in [-0.3, -0.25) is 14.6 Å². The Balaban J connectivity index is 1.57. The number of carbonyl (C=O) groups excluding carboxylic acids is 2. The van der Waals surface area contributed by atoms with Gasteiger partial charge in [-0.1, -0.05) is 18.9 Å². The summed E-state index contributed by atoms with van der Waals surface area (Å²) in [5.74, 6) is 6.54. The van der Waals surface area contributed by atoms with Crippen molar-refractivity contribution >= 4 is 34.2 Å². The van der Waals surface area contributed by atoms with E-state index in [0.29, 0.717) is 51.6 Å². The quantitative estimate of drug-likeness (QED) is 0.386. The molecule has 0 aliphatic heterocycles. The first kappa shape index (κ1) is 23.3. The van der Waals surface area contributed by atoms with Gasteiger partial charge in [0.25, 0.3) is 11.8 Å². The molecule has 2 amide bonds. The third kappa shape index (κ3) is 5.72. The van der Waals surface area contributed by atoms with Gasteiger partial charge in [-0.15, -0.1) is 0 Å². The fourth-order valence-corrected chi connectivity index (χ4v) is 3.25. The minimum Gasteiger partial charge on any atom is -0.494 e. The third-order valence-electron chi connectivity index (χ3n) is 4.90. The molecule has 35 heavy (non-hydrogen) atoms. The van der Waals surface area contributed by atoms with Crippen molar-refractivity contribution in [2.24, 2.45) is 0 Å². The summed E-state index contributed by atoms with van der Waals surface area (Å²) in [6.07, 6.45) is 3.81. The number of rotatable bonds is 6. The number of ether oxygens (including phenoxy) is 2. The largest absolute Gasteiger partial charge is 0.494 e. The molecule has 2 aromatic carbocycles. The summed E-state index contributed by atoms with van der Waals surface area (Å²) < 4.78 is 11.5. The lowest BCUT2D eigenvalue weighted by atomic mass is 10.1. The Hall–Kier alpha value is -4.90. The second-order valence-electron chi connectivity index (χ2n) is 7.28. The lowest BCUT2D eigenvalue weighted by molar-refractivity contribution is -0.111. The monoisotopic (exact) mass is 466 g/mol. The van der Waals surface area contributed by atoms with Crippen molar-refractivity contribution in [3.05, 3.63) is 78.6 Å². The molecule has 0 bridgehead atoms. The topological polar surface area (TPSA) is 102 Å². The van der Waals surface area contributed by atoms with Crippen LogP contribution in [0.25, 0.3) is 10.9 Å². The van der Waals surface area contributed by atoms with Crippen molar-refractivity contribution in [1.29, 1.82) is 0 Å². The number of carbonyl (C=O) groups is 2. The van der Waals surface area contributed by atoms with Crippen molar-refractivity contribution in [1.82, 2.24) is 9.97 Å². The van der Waals surface area contributed by atoms with Crippen LogP contribution in [0.1, 0.15) is 23.7 Å². The average Bonchev–Trinajstić information content (AvgIpc) is 2.88. The summed E-state index contributed by atoms with van der Waals surface area (Å²) in [7, 11) is 1.51. The highest BCUT2D eigenvalue weighted by Gasteiger charge is 2.13. The van der Waals surface area contributed by atoms with Crippen LogP contribution in [0.4, 0.5) is 11.5 Å². The van der Waals surface area contributed by atoms with Crippen LogP contribution in [-0.4, -0.2) is 28.9 Å². The maximum Gasteiger partial charge on any atom is 0.300 e. The first-order valence-electron chi connectivity index (χ1n) is 10.8. The van der Waals surface area contributed by atoms with Gasteiger partial charge in [0.1, 0.15) is 23.1 Å². The Morgan fingerprint density at radius 3 is 2.49 bits per heavy atom. The van der Waals surface area contributed by atoms with E-state index in [1.54, 1.807) is 73.1 Å². The average molecular weight is 466 g/mol. The number of hydrogen-bond acceptors (Lipinski definition) is 6. The summed E-state index contributed by atoms with van der Waals surface area (Å²) in [6, 6.07) is 17.2. The van der Waals surface area contributed by atoms with Crippen molar-refractivity contribution < 1.29 is 19.1 Å². The van der Waals surface area contributed by atoms with Crippen molar-refractivity contribution in [2.75, 3.05) is 17.7 Å². The van der Waals surface area contributed by atoms with Gasteiger partial charge in [0.05, 0.1) is 18.3 Å². The first-order valence-corrected chi connectivity index (χ1v) is 10.8. The van der Waals surface area contributed by atoms with Crippen LogP contribution in [0.15, 0.2) is 73.1 Å². The van der Waals surface area contributed by atoms with Crippen molar-refractivity contribution in [3.63, 3.8) is 0 Å². The Labute approximate surface area is 202 Å². The van der Waals surface area contributed by atoms with Crippen molar-refractivity contribution in [2.45, 2.75) is 13.3 Å². The number of aromatic nitrogens is 2. The number of benzene rings is 2. The molecule has 0 aliphatic carbocycles. The SMILES string of the molecule is CCC#CC(=O)Nc1cc2c(Oc3ccc(C(=O)Nc4ccccn4)cc3)ccnc2cc1OC. The molecule has 0 radical (unpaired) electrons. The van der Waals surface area contributed by atoms with E-state index in [4.69, 9.17) is 9.47 Å². The van der Waals surface area contributed by atoms with Crippen molar-refractivity contribution in [3.8, 4) is 29.1 Å². The van der Waals surface area contributed by atoms with Crippen LogP contribution in [0.2, 0.25) is 0 Å². The highest BCUT2D eigenvalue weighted by molar-refractivity contribution is 6.06. The van der Waals surface area contributed by atoms with Gasteiger partial charge in [-0.25, -0.2) is 4.98 Å². The summed E-state index contributed by atoms with van der Waals surface area (Å²) in [6.45, 7) is 1.87. The molecule has 0 saturated carbocycles. The van der Waals surface area contributed by atoms with Gasteiger partial charge in [-0.2, -0.15) is 0 Å². The van der Waals surface area contributed by atoms with E-state index in [2.05, 4.69) is 32.4 Å². The lowest BCUT2D eigenvalue weighted by Crippen LogP contribution is -2.12. The van der Waals surface area contributed by atoms with Crippen LogP contribution in [-0.2, 0) is 4.79 Å². The fourth-order valence-electron chi connectivity index (χ4n) is 3.25. The van der Waals surface area contributed by atoms with Crippen LogP contribution in [0, 0.1) is 11.8 Å². The van der Waals surface area contributed by atoms with E-state index in [0.717, 1.165) is 0 Å². The van der Waals surface area contributed by atoms with Gasteiger partial charge < -0.3 is 20.1 Å². The Bertz CT molecular complexity index is 1430. The number of fused-ring (bicyclic) bond motifs is 1. The molecule has 4 aromatic rings. The number of nitrogens with zero attached hydrogens (tertiary/aromatic N) is 2. The summed E-state index contributed by atoms with van der Waals surface area (Å²) in [5, 5.41) is 6.16.